The molecular formula is C58H65N3O+2. The van der Waals surface area contributed by atoms with Crippen molar-refractivity contribution in [1.29, 1.82) is 0 Å². The van der Waals surface area contributed by atoms with Gasteiger partial charge in [0.25, 0.3) is 0 Å². The summed E-state index contributed by atoms with van der Waals surface area (Å²) < 4.78 is 12.3. The maximum atomic E-state index is 7.22. The highest BCUT2D eigenvalue weighted by Gasteiger charge is 2.43. The van der Waals surface area contributed by atoms with Gasteiger partial charge in [0.2, 0.25) is 17.1 Å². The van der Waals surface area contributed by atoms with Gasteiger partial charge >= 0.3 is 0 Å². The van der Waals surface area contributed by atoms with Crippen molar-refractivity contribution in [2.75, 3.05) is 0 Å². The summed E-state index contributed by atoms with van der Waals surface area (Å²) in [5.41, 5.74) is 22.4. The molecule has 1 saturated carbocycles. The summed E-state index contributed by atoms with van der Waals surface area (Å²) in [5, 5.41) is 2.19. The van der Waals surface area contributed by atoms with Crippen molar-refractivity contribution in [3.8, 4) is 33.8 Å². The van der Waals surface area contributed by atoms with Crippen LogP contribution in [0.3, 0.4) is 0 Å². The van der Waals surface area contributed by atoms with E-state index in [1.807, 2.05) is 0 Å². The number of allylic oxidation sites excluding steroid dienone is 1. The lowest BCUT2D eigenvalue weighted by molar-refractivity contribution is -0.719. The standard InChI is InChI=1S/C58H65N3O/c1-32(2)43-13-12-14-44(33(3)4)56(43)51-21-20-47-46-19-16-41-17-22-52-50(49-26-34(5)15-18-45(49)53-27-37(8)38(9)30-61(52)53)28-40(11)60-31-39(10)48(42-24-35(6)23-36(7)25-42)29-54(60)55(41)57(46)62-58(47)59-51/h12-16,18-21,26-27,29-33,35-36,42,50,52H,11,17,22-25,28H2,1-10H3/q+2. The molecule has 0 saturated heterocycles. The second-order valence-corrected chi connectivity index (χ2v) is 20.5. The molecular weight excluding hydrogens is 755 g/mol. The Bertz CT molecular complexity index is 2910. The number of hydrogen-bond acceptors (Lipinski definition) is 2. The summed E-state index contributed by atoms with van der Waals surface area (Å²) in [4.78, 5) is 5.41. The fourth-order valence-electron chi connectivity index (χ4n) is 12.1. The molecule has 4 unspecified atom stereocenters. The van der Waals surface area contributed by atoms with E-state index in [9.17, 15) is 0 Å². The van der Waals surface area contributed by atoms with E-state index in [0.29, 0.717) is 35.3 Å². The average molecular weight is 820 g/mol. The Balaban J connectivity index is 1.21. The molecule has 0 amide bonds. The number of aromatic nitrogens is 3. The number of pyridine rings is 3. The van der Waals surface area contributed by atoms with Gasteiger partial charge in [0, 0.05) is 58.0 Å². The molecule has 2 aliphatic heterocycles. The molecule has 0 radical (unpaired) electrons. The molecule has 4 atom stereocenters. The van der Waals surface area contributed by atoms with Crippen molar-refractivity contribution in [2.45, 2.75) is 137 Å². The van der Waals surface area contributed by atoms with Crippen LogP contribution in [0.4, 0.5) is 0 Å². The van der Waals surface area contributed by atoms with Crippen LogP contribution in [0.15, 0.2) is 96.2 Å². The molecule has 0 N–H and O–H groups in total. The number of nitrogens with zero attached hydrogens (tertiary/aromatic N) is 3. The first-order valence-electron chi connectivity index (χ1n) is 23.6. The lowest BCUT2D eigenvalue weighted by Gasteiger charge is -2.33. The average Bonchev–Trinajstić information content (AvgIpc) is 3.61. The molecule has 4 nitrogen and oxygen atoms in total. The highest BCUT2D eigenvalue weighted by Crippen LogP contribution is 2.48. The summed E-state index contributed by atoms with van der Waals surface area (Å²) >= 11 is 0. The molecule has 0 spiro atoms. The van der Waals surface area contributed by atoms with Crippen LogP contribution in [0.1, 0.15) is 153 Å². The Hall–Kier alpha value is -5.35. The number of fused-ring (bicyclic) bond motifs is 13. The van der Waals surface area contributed by atoms with Crippen LogP contribution in [-0.4, -0.2) is 4.98 Å². The Morgan fingerprint density at radius 3 is 2.16 bits per heavy atom. The van der Waals surface area contributed by atoms with E-state index >= 15 is 0 Å². The monoisotopic (exact) mass is 820 g/mol. The molecule has 3 aliphatic rings. The second-order valence-electron chi connectivity index (χ2n) is 20.5. The fourth-order valence-corrected chi connectivity index (χ4v) is 12.1. The molecule has 62 heavy (non-hydrogen) atoms. The number of rotatable bonds is 4. The lowest BCUT2D eigenvalue weighted by Crippen LogP contribution is -2.49. The molecule has 1 aliphatic carbocycles. The summed E-state index contributed by atoms with van der Waals surface area (Å²) in [5.74, 6) is 2.98. The zero-order valence-electron chi connectivity index (χ0n) is 38.8. The van der Waals surface area contributed by atoms with Gasteiger partial charge in [-0.25, -0.2) is 4.98 Å². The van der Waals surface area contributed by atoms with Crippen molar-refractivity contribution in [2.24, 2.45) is 11.8 Å². The number of hydrogen-bond donors (Lipinski definition) is 0. The first kappa shape index (κ1) is 40.7. The van der Waals surface area contributed by atoms with E-state index in [1.165, 1.54) is 97.4 Å². The quantitative estimate of drug-likeness (QED) is 0.166. The summed E-state index contributed by atoms with van der Waals surface area (Å²) in [6, 6.07) is 28.3. The maximum absolute atomic E-state index is 7.22. The molecule has 316 valence electrons. The zero-order chi connectivity index (χ0) is 43.3. The molecule has 7 aromatic rings. The molecule has 3 aromatic carbocycles. The predicted octanol–water partition coefficient (Wildman–Crippen LogP) is 14.7. The highest BCUT2D eigenvalue weighted by molar-refractivity contribution is 6.09. The topological polar surface area (TPSA) is 33.8 Å². The largest absolute Gasteiger partial charge is 0.437 e. The van der Waals surface area contributed by atoms with E-state index in [4.69, 9.17) is 16.0 Å². The fraction of sp³-hybridized carbons (Fsp3) is 0.397. The van der Waals surface area contributed by atoms with E-state index in [1.54, 1.807) is 0 Å². The van der Waals surface area contributed by atoms with E-state index in [0.717, 1.165) is 47.0 Å². The van der Waals surface area contributed by atoms with Gasteiger partial charge in [-0.1, -0.05) is 89.6 Å². The van der Waals surface area contributed by atoms with E-state index < -0.39 is 0 Å². The molecule has 10 rings (SSSR count). The smallest absolute Gasteiger partial charge is 0.227 e. The molecule has 6 heterocycles. The minimum Gasteiger partial charge on any atom is -0.437 e. The number of benzene rings is 3. The van der Waals surface area contributed by atoms with Gasteiger partial charge in [0.1, 0.15) is 0 Å². The zero-order valence-corrected chi connectivity index (χ0v) is 38.8. The molecule has 0 bridgehead atoms. The SMILES string of the molecule is C=C1CC2c3cc(C)ccc3-c3cc(C)c(C)c[n+]3C2CCc2ccc3c(oc4nc(-c5c(C(C)C)cccc5C(C)C)ccc43)c2-c2cc(C3CC(C)CC(C)C3)c(C)c[n+]21. The Labute approximate surface area is 369 Å². The summed E-state index contributed by atoms with van der Waals surface area (Å²) in [7, 11) is 0. The van der Waals surface area contributed by atoms with Gasteiger partial charge in [0.05, 0.1) is 17.2 Å². The molecule has 4 heteroatoms. The third-order valence-electron chi connectivity index (χ3n) is 15.2. The van der Waals surface area contributed by atoms with Crippen LogP contribution >= 0.6 is 0 Å². The summed E-state index contributed by atoms with van der Waals surface area (Å²) in [6.45, 7) is 28.2. The minimum absolute atomic E-state index is 0.266. The van der Waals surface area contributed by atoms with Crippen LogP contribution < -0.4 is 9.13 Å². The van der Waals surface area contributed by atoms with Gasteiger partial charge in [-0.15, -0.1) is 0 Å². The van der Waals surface area contributed by atoms with Crippen molar-refractivity contribution in [1.82, 2.24) is 4.98 Å². The van der Waals surface area contributed by atoms with Gasteiger partial charge in [-0.05, 0) is 141 Å². The van der Waals surface area contributed by atoms with Crippen molar-refractivity contribution < 1.29 is 13.6 Å². The molecule has 4 aromatic heterocycles. The van der Waals surface area contributed by atoms with E-state index in [-0.39, 0.29) is 12.0 Å². The third kappa shape index (κ3) is 6.75. The number of aryl methyl sites for hydroxylation is 5. The predicted molar refractivity (Wildman–Crippen MR) is 257 cm³/mol. The van der Waals surface area contributed by atoms with Crippen LogP contribution in [0.5, 0.6) is 0 Å². The van der Waals surface area contributed by atoms with Crippen molar-refractivity contribution in [3.05, 3.63) is 142 Å². The van der Waals surface area contributed by atoms with Crippen LogP contribution in [-0.2, 0) is 6.42 Å². The van der Waals surface area contributed by atoms with Gasteiger partial charge in [-0.3, -0.25) is 0 Å². The lowest BCUT2D eigenvalue weighted by atomic mass is 9.73. The highest BCUT2D eigenvalue weighted by atomic mass is 16.3. The Morgan fingerprint density at radius 1 is 0.710 bits per heavy atom. The Kier molecular flexibility index (Phi) is 10.2. The first-order valence-corrected chi connectivity index (χ1v) is 23.6. The van der Waals surface area contributed by atoms with Gasteiger partial charge < -0.3 is 4.42 Å². The van der Waals surface area contributed by atoms with Crippen molar-refractivity contribution >= 4 is 27.8 Å². The maximum Gasteiger partial charge on any atom is 0.227 e. The first-order chi connectivity index (χ1) is 29.7. The van der Waals surface area contributed by atoms with E-state index in [2.05, 4.69) is 164 Å². The van der Waals surface area contributed by atoms with Crippen LogP contribution in [0.25, 0.3) is 61.5 Å². The molecule has 1 fully saturated rings. The second kappa shape index (κ2) is 15.5. The van der Waals surface area contributed by atoms with Crippen LogP contribution in [0.2, 0.25) is 0 Å². The minimum atomic E-state index is 0.266. The van der Waals surface area contributed by atoms with Crippen LogP contribution in [0, 0.1) is 39.5 Å². The number of furan rings is 1. The van der Waals surface area contributed by atoms with Gasteiger partial charge in [0.15, 0.2) is 29.7 Å². The van der Waals surface area contributed by atoms with Crippen molar-refractivity contribution in [3.63, 3.8) is 0 Å². The summed E-state index contributed by atoms with van der Waals surface area (Å²) in [6.07, 6.45) is 11.4. The van der Waals surface area contributed by atoms with Gasteiger partial charge in [-0.2, -0.15) is 9.13 Å². The Morgan fingerprint density at radius 2 is 1.44 bits per heavy atom. The normalized spacial score (nSPS) is 21.2. The third-order valence-corrected chi connectivity index (χ3v) is 15.2.